The number of fused-ring (bicyclic) bond motifs is 7. The van der Waals surface area contributed by atoms with Crippen LogP contribution in [0.4, 0.5) is 17.1 Å². The highest BCUT2D eigenvalue weighted by Gasteiger charge is 2.36. The molecule has 0 unspecified atom stereocenters. The molecule has 0 aliphatic heterocycles. The maximum atomic E-state index is 2.47. The summed E-state index contributed by atoms with van der Waals surface area (Å²) in [4.78, 5) is 2.47. The van der Waals surface area contributed by atoms with Gasteiger partial charge in [-0.3, -0.25) is 0 Å². The van der Waals surface area contributed by atoms with Crippen LogP contribution in [0, 0.1) is 0 Å². The molecule has 1 heterocycles. The molecule has 1 aliphatic rings. The van der Waals surface area contributed by atoms with Crippen molar-refractivity contribution in [1.82, 2.24) is 0 Å². The van der Waals surface area contributed by atoms with Gasteiger partial charge in [-0.05, 0) is 98.2 Å². The van der Waals surface area contributed by atoms with Crippen molar-refractivity contribution in [1.29, 1.82) is 0 Å². The molecule has 51 heavy (non-hydrogen) atoms. The summed E-state index contributed by atoms with van der Waals surface area (Å²) in [7, 11) is 0. The Labute approximate surface area is 302 Å². The standard InChI is InChI=1S/C49H35NS/c1-49(2)44-29-34(38-20-12-16-32-15-6-7-17-37(32)38)23-26-40(44)41-27-24-36(31-45(41)49)50(46-21-10-8-18-39(46)33-13-4-3-5-14-33)35-25-28-48-43(30-35)42-19-9-11-22-47(42)51-48/h3-31H,1-2H3. The van der Waals surface area contributed by atoms with Gasteiger partial charge in [0.2, 0.25) is 0 Å². The molecule has 0 radical (unpaired) electrons. The minimum absolute atomic E-state index is 0.181. The Balaban J connectivity index is 1.15. The molecule has 2 heteroatoms. The van der Waals surface area contributed by atoms with Crippen LogP contribution in [0.1, 0.15) is 25.0 Å². The lowest BCUT2D eigenvalue weighted by molar-refractivity contribution is 0.660. The van der Waals surface area contributed by atoms with Gasteiger partial charge in [0.1, 0.15) is 0 Å². The lowest BCUT2D eigenvalue weighted by Gasteiger charge is -2.30. The number of hydrogen-bond donors (Lipinski definition) is 0. The third-order valence-corrected chi connectivity index (χ3v) is 12.0. The van der Waals surface area contributed by atoms with E-state index >= 15 is 0 Å². The van der Waals surface area contributed by atoms with Crippen LogP contribution in [-0.2, 0) is 5.41 Å². The minimum Gasteiger partial charge on any atom is -0.310 e. The first-order valence-corrected chi connectivity index (χ1v) is 18.5. The van der Waals surface area contributed by atoms with E-state index < -0.39 is 0 Å². The Hall–Kier alpha value is -5.96. The summed E-state index contributed by atoms with van der Waals surface area (Å²) >= 11 is 1.86. The van der Waals surface area contributed by atoms with Crippen molar-refractivity contribution < 1.29 is 0 Å². The molecule has 10 rings (SSSR count). The van der Waals surface area contributed by atoms with Gasteiger partial charge in [-0.15, -0.1) is 11.3 Å². The summed E-state index contributed by atoms with van der Waals surface area (Å²) in [6.45, 7) is 4.78. The molecular formula is C49H35NS. The second-order valence-electron chi connectivity index (χ2n) is 14.1. The van der Waals surface area contributed by atoms with E-state index in [4.69, 9.17) is 0 Å². The molecule has 242 valence electrons. The Bertz CT molecular complexity index is 2780. The molecule has 0 amide bonds. The fraction of sp³-hybridized carbons (Fsp3) is 0.0612. The highest BCUT2D eigenvalue weighted by Crippen LogP contribution is 2.52. The Morgan fingerprint density at radius 2 is 1.04 bits per heavy atom. The van der Waals surface area contributed by atoms with E-state index in [-0.39, 0.29) is 5.41 Å². The van der Waals surface area contributed by atoms with Crippen molar-refractivity contribution in [3.63, 3.8) is 0 Å². The van der Waals surface area contributed by atoms with Crippen LogP contribution in [0.25, 0.3) is 64.3 Å². The molecule has 1 aromatic heterocycles. The van der Waals surface area contributed by atoms with Crippen molar-refractivity contribution in [3.05, 3.63) is 187 Å². The lowest BCUT2D eigenvalue weighted by atomic mass is 9.81. The van der Waals surface area contributed by atoms with Crippen LogP contribution in [0.2, 0.25) is 0 Å². The smallest absolute Gasteiger partial charge is 0.0540 e. The summed E-state index contributed by atoms with van der Waals surface area (Å²) in [5.74, 6) is 0. The van der Waals surface area contributed by atoms with Gasteiger partial charge in [0, 0.05) is 42.5 Å². The number of nitrogens with zero attached hydrogens (tertiary/aromatic N) is 1. The molecule has 0 spiro atoms. The van der Waals surface area contributed by atoms with E-state index in [1.807, 2.05) is 11.3 Å². The van der Waals surface area contributed by atoms with Crippen LogP contribution in [0.3, 0.4) is 0 Å². The van der Waals surface area contributed by atoms with Gasteiger partial charge in [-0.2, -0.15) is 0 Å². The zero-order valence-corrected chi connectivity index (χ0v) is 29.4. The predicted octanol–water partition coefficient (Wildman–Crippen LogP) is 14.3. The average molecular weight is 670 g/mol. The maximum Gasteiger partial charge on any atom is 0.0540 e. The molecular weight excluding hydrogens is 635 g/mol. The van der Waals surface area contributed by atoms with Crippen molar-refractivity contribution >= 4 is 59.3 Å². The van der Waals surface area contributed by atoms with E-state index in [1.54, 1.807) is 0 Å². The van der Waals surface area contributed by atoms with Crippen LogP contribution < -0.4 is 4.90 Å². The highest BCUT2D eigenvalue weighted by atomic mass is 32.1. The van der Waals surface area contributed by atoms with Crippen LogP contribution in [-0.4, -0.2) is 0 Å². The zero-order valence-electron chi connectivity index (χ0n) is 28.6. The van der Waals surface area contributed by atoms with Gasteiger partial charge < -0.3 is 4.90 Å². The first-order valence-electron chi connectivity index (χ1n) is 17.7. The number of hydrogen-bond acceptors (Lipinski definition) is 2. The largest absolute Gasteiger partial charge is 0.310 e. The number of rotatable bonds is 5. The van der Waals surface area contributed by atoms with E-state index in [0.717, 1.165) is 17.1 Å². The first-order chi connectivity index (χ1) is 25.0. The van der Waals surface area contributed by atoms with Crippen molar-refractivity contribution in [3.8, 4) is 33.4 Å². The molecule has 0 fully saturated rings. The second kappa shape index (κ2) is 11.6. The Morgan fingerprint density at radius 1 is 0.412 bits per heavy atom. The Morgan fingerprint density at radius 3 is 1.92 bits per heavy atom. The van der Waals surface area contributed by atoms with Crippen molar-refractivity contribution in [2.75, 3.05) is 4.90 Å². The fourth-order valence-corrected chi connectivity index (χ4v) is 9.41. The van der Waals surface area contributed by atoms with Gasteiger partial charge in [0.25, 0.3) is 0 Å². The van der Waals surface area contributed by atoms with Crippen molar-refractivity contribution in [2.24, 2.45) is 0 Å². The molecule has 0 saturated heterocycles. The van der Waals surface area contributed by atoms with Crippen LogP contribution in [0.5, 0.6) is 0 Å². The monoisotopic (exact) mass is 669 g/mol. The van der Waals surface area contributed by atoms with Gasteiger partial charge >= 0.3 is 0 Å². The zero-order chi connectivity index (χ0) is 34.1. The highest BCUT2D eigenvalue weighted by molar-refractivity contribution is 7.25. The topological polar surface area (TPSA) is 3.24 Å². The fourth-order valence-electron chi connectivity index (χ4n) is 8.32. The van der Waals surface area contributed by atoms with Gasteiger partial charge in [0.15, 0.2) is 0 Å². The molecule has 0 N–H and O–H groups in total. The summed E-state index contributed by atoms with van der Waals surface area (Å²) in [6.07, 6.45) is 0. The van der Waals surface area contributed by atoms with E-state index in [0.29, 0.717) is 0 Å². The molecule has 0 bridgehead atoms. The second-order valence-corrected chi connectivity index (χ2v) is 15.2. The molecule has 0 saturated carbocycles. The number of thiophene rings is 1. The van der Waals surface area contributed by atoms with Crippen LogP contribution >= 0.6 is 11.3 Å². The van der Waals surface area contributed by atoms with E-state index in [2.05, 4.69) is 195 Å². The summed E-state index contributed by atoms with van der Waals surface area (Å²) in [5.41, 5.74) is 13.6. The first kappa shape index (κ1) is 29.9. The summed E-state index contributed by atoms with van der Waals surface area (Å²) < 4.78 is 2.63. The maximum absolute atomic E-state index is 2.47. The van der Waals surface area contributed by atoms with Gasteiger partial charge in [0.05, 0.1) is 5.69 Å². The number of anilines is 3. The van der Waals surface area contributed by atoms with E-state index in [9.17, 15) is 0 Å². The SMILES string of the molecule is CC1(C)c2cc(-c3cccc4ccccc34)ccc2-c2ccc(N(c3ccc4sc5ccccc5c4c3)c3ccccc3-c3ccccc3)cc21. The minimum atomic E-state index is -0.181. The predicted molar refractivity (Wildman–Crippen MR) is 220 cm³/mol. The van der Waals surface area contributed by atoms with Crippen LogP contribution in [0.15, 0.2) is 176 Å². The number of benzene rings is 8. The summed E-state index contributed by atoms with van der Waals surface area (Å²) in [5, 5.41) is 5.17. The summed E-state index contributed by atoms with van der Waals surface area (Å²) in [6, 6.07) is 64.9. The van der Waals surface area contributed by atoms with Gasteiger partial charge in [-0.1, -0.05) is 141 Å². The van der Waals surface area contributed by atoms with Crippen molar-refractivity contribution in [2.45, 2.75) is 19.3 Å². The molecule has 8 aromatic carbocycles. The lowest BCUT2D eigenvalue weighted by Crippen LogP contribution is -2.17. The number of para-hydroxylation sites is 1. The third kappa shape index (κ3) is 4.75. The molecule has 1 aliphatic carbocycles. The molecule has 0 atom stereocenters. The quantitative estimate of drug-likeness (QED) is 0.176. The average Bonchev–Trinajstić information content (AvgIpc) is 3.66. The molecule has 9 aromatic rings. The third-order valence-electron chi connectivity index (χ3n) is 10.9. The Kier molecular flexibility index (Phi) is 6.78. The molecule has 1 nitrogen and oxygen atoms in total. The van der Waals surface area contributed by atoms with E-state index in [1.165, 1.54) is 75.5 Å². The van der Waals surface area contributed by atoms with Gasteiger partial charge in [-0.25, -0.2) is 0 Å². The normalized spacial score (nSPS) is 13.1.